The van der Waals surface area contributed by atoms with Gasteiger partial charge in [-0.1, -0.05) is 60.7 Å². The lowest BCUT2D eigenvalue weighted by molar-refractivity contribution is -0.138. The third-order valence-electron chi connectivity index (χ3n) is 5.05. The molecule has 1 aliphatic carbocycles. The summed E-state index contributed by atoms with van der Waals surface area (Å²) in [5.41, 5.74) is 1.14. The molecule has 2 aromatic rings. The van der Waals surface area contributed by atoms with Crippen LogP contribution in [0.3, 0.4) is 0 Å². The van der Waals surface area contributed by atoms with E-state index < -0.39 is 5.60 Å². The highest BCUT2D eigenvalue weighted by Crippen LogP contribution is 2.62. The molecular formula is C19H19NO2. The van der Waals surface area contributed by atoms with Crippen LogP contribution in [-0.2, 0) is 11.2 Å². The van der Waals surface area contributed by atoms with E-state index in [4.69, 9.17) is 0 Å². The van der Waals surface area contributed by atoms with Gasteiger partial charge in [0.05, 0.1) is 0 Å². The van der Waals surface area contributed by atoms with Crippen LogP contribution in [0.5, 0.6) is 0 Å². The van der Waals surface area contributed by atoms with Crippen molar-refractivity contribution >= 4 is 5.91 Å². The molecule has 2 aliphatic rings. The van der Waals surface area contributed by atoms with Gasteiger partial charge >= 0.3 is 0 Å². The van der Waals surface area contributed by atoms with Crippen molar-refractivity contribution in [1.29, 1.82) is 0 Å². The van der Waals surface area contributed by atoms with Gasteiger partial charge in [-0.2, -0.15) is 0 Å². The Labute approximate surface area is 130 Å². The molecule has 3 atom stereocenters. The number of benzene rings is 2. The number of carbonyl (C=O) groups excluding carboxylic acids is 1. The molecule has 22 heavy (non-hydrogen) atoms. The number of nitrogens with zero attached hydrogens (tertiary/aromatic N) is 1. The summed E-state index contributed by atoms with van der Waals surface area (Å²) in [4.78, 5) is 14.4. The Morgan fingerprint density at radius 3 is 2.27 bits per heavy atom. The highest BCUT2D eigenvalue weighted by atomic mass is 16.3. The maximum atomic E-state index is 12.5. The van der Waals surface area contributed by atoms with Crippen LogP contribution in [0, 0.1) is 5.92 Å². The van der Waals surface area contributed by atoms with Crippen LogP contribution < -0.4 is 0 Å². The van der Waals surface area contributed by atoms with Gasteiger partial charge in [0.1, 0.15) is 0 Å². The monoisotopic (exact) mass is 293 g/mol. The van der Waals surface area contributed by atoms with Gasteiger partial charge in [-0.15, -0.1) is 0 Å². The maximum Gasteiger partial charge on any atom is 0.255 e. The Morgan fingerprint density at radius 1 is 1.05 bits per heavy atom. The fourth-order valence-corrected chi connectivity index (χ4v) is 3.80. The van der Waals surface area contributed by atoms with Gasteiger partial charge in [-0.05, 0) is 17.5 Å². The normalized spacial score (nSPS) is 29.5. The molecule has 3 heteroatoms. The standard InChI is InChI=1S/C19H19NO2/c21-18-19(22)16(17(19)15-9-5-2-6-10-15)13-20(18)12-11-14-7-3-1-4-8-14/h1-10,16-17,22H,11-13H2/t16-,17-,19-/m1/s1. The van der Waals surface area contributed by atoms with Gasteiger partial charge in [-0.25, -0.2) is 0 Å². The molecule has 1 aliphatic heterocycles. The summed E-state index contributed by atoms with van der Waals surface area (Å²) < 4.78 is 0. The number of amides is 1. The molecule has 0 aromatic heterocycles. The zero-order valence-electron chi connectivity index (χ0n) is 12.4. The number of carbonyl (C=O) groups is 1. The van der Waals surface area contributed by atoms with Crippen molar-refractivity contribution in [2.75, 3.05) is 13.1 Å². The van der Waals surface area contributed by atoms with Crippen LogP contribution in [0.25, 0.3) is 0 Å². The molecule has 0 radical (unpaired) electrons. The van der Waals surface area contributed by atoms with Crippen molar-refractivity contribution in [3.05, 3.63) is 71.8 Å². The number of fused-ring (bicyclic) bond motifs is 1. The van der Waals surface area contributed by atoms with Crippen molar-refractivity contribution in [2.24, 2.45) is 5.92 Å². The van der Waals surface area contributed by atoms with E-state index in [2.05, 4.69) is 12.1 Å². The van der Waals surface area contributed by atoms with E-state index in [0.717, 1.165) is 12.0 Å². The first-order valence-electron chi connectivity index (χ1n) is 7.82. The topological polar surface area (TPSA) is 40.5 Å². The van der Waals surface area contributed by atoms with Crippen molar-refractivity contribution in [2.45, 2.75) is 17.9 Å². The van der Waals surface area contributed by atoms with E-state index in [0.29, 0.717) is 13.1 Å². The molecule has 1 saturated carbocycles. The minimum absolute atomic E-state index is 0.0193. The summed E-state index contributed by atoms with van der Waals surface area (Å²) >= 11 is 0. The second kappa shape index (κ2) is 4.96. The second-order valence-electron chi connectivity index (χ2n) is 6.31. The third-order valence-corrected chi connectivity index (χ3v) is 5.05. The summed E-state index contributed by atoms with van der Waals surface area (Å²) in [6, 6.07) is 20.0. The van der Waals surface area contributed by atoms with Crippen LogP contribution in [0.1, 0.15) is 17.0 Å². The van der Waals surface area contributed by atoms with E-state index >= 15 is 0 Å². The summed E-state index contributed by atoms with van der Waals surface area (Å²) in [5.74, 6) is -0.0605. The Bertz CT molecular complexity index is 685. The predicted octanol–water partition coefficient (Wildman–Crippen LogP) is 2.22. The molecule has 112 valence electrons. The van der Waals surface area contributed by atoms with E-state index in [-0.39, 0.29) is 17.7 Å². The minimum Gasteiger partial charge on any atom is -0.379 e. The lowest BCUT2D eigenvalue weighted by Gasteiger charge is -2.21. The van der Waals surface area contributed by atoms with Crippen LogP contribution >= 0.6 is 0 Å². The first-order chi connectivity index (χ1) is 10.7. The summed E-state index contributed by atoms with van der Waals surface area (Å²) in [6.07, 6.45) is 0.839. The number of aliphatic hydroxyl groups is 1. The van der Waals surface area contributed by atoms with E-state index in [1.807, 2.05) is 53.4 Å². The average Bonchev–Trinajstić information content (AvgIpc) is 3.09. The minimum atomic E-state index is -1.15. The number of hydrogen-bond acceptors (Lipinski definition) is 2. The van der Waals surface area contributed by atoms with E-state index in [1.165, 1.54) is 5.56 Å². The molecule has 1 heterocycles. The molecule has 0 unspecified atom stereocenters. The zero-order valence-corrected chi connectivity index (χ0v) is 12.4. The summed E-state index contributed by atoms with van der Waals surface area (Å²) in [5, 5.41) is 10.7. The molecule has 1 amide bonds. The molecule has 1 saturated heterocycles. The lowest BCUT2D eigenvalue weighted by Crippen LogP contribution is -2.37. The first kappa shape index (κ1) is 13.5. The fraction of sp³-hybridized carbons (Fsp3) is 0.316. The second-order valence-corrected chi connectivity index (χ2v) is 6.31. The predicted molar refractivity (Wildman–Crippen MR) is 84.3 cm³/mol. The summed E-state index contributed by atoms with van der Waals surface area (Å²) in [7, 11) is 0. The van der Waals surface area contributed by atoms with Gasteiger partial charge < -0.3 is 10.0 Å². The Hall–Kier alpha value is -2.13. The number of likely N-dealkylation sites (tertiary alicyclic amines) is 1. The van der Waals surface area contributed by atoms with Gasteiger partial charge in [-0.3, -0.25) is 4.79 Å². The highest BCUT2D eigenvalue weighted by Gasteiger charge is 2.74. The van der Waals surface area contributed by atoms with Crippen molar-refractivity contribution in [1.82, 2.24) is 4.90 Å². The smallest absolute Gasteiger partial charge is 0.255 e. The van der Waals surface area contributed by atoms with Crippen molar-refractivity contribution in [3.8, 4) is 0 Å². The molecule has 1 N–H and O–H groups in total. The van der Waals surface area contributed by atoms with Crippen molar-refractivity contribution < 1.29 is 9.90 Å². The number of rotatable bonds is 4. The molecule has 2 aromatic carbocycles. The Kier molecular flexibility index (Phi) is 3.05. The number of piperidine rings is 1. The van der Waals surface area contributed by atoms with E-state index in [9.17, 15) is 9.90 Å². The van der Waals surface area contributed by atoms with Gasteiger partial charge in [0.15, 0.2) is 5.60 Å². The van der Waals surface area contributed by atoms with Crippen LogP contribution in [0.2, 0.25) is 0 Å². The van der Waals surface area contributed by atoms with Crippen LogP contribution in [-0.4, -0.2) is 34.6 Å². The molecule has 4 rings (SSSR count). The highest BCUT2D eigenvalue weighted by molar-refractivity contribution is 5.94. The van der Waals surface area contributed by atoms with Gasteiger partial charge in [0.25, 0.3) is 5.91 Å². The zero-order chi connectivity index (χ0) is 15.2. The molecule has 3 nitrogen and oxygen atoms in total. The lowest BCUT2D eigenvalue weighted by atomic mass is 10.1. The van der Waals surface area contributed by atoms with Crippen LogP contribution in [0.4, 0.5) is 0 Å². The molecular weight excluding hydrogens is 274 g/mol. The molecule has 2 fully saturated rings. The van der Waals surface area contributed by atoms with E-state index in [1.54, 1.807) is 0 Å². The summed E-state index contributed by atoms with van der Waals surface area (Å²) in [6.45, 7) is 1.35. The fourth-order valence-electron chi connectivity index (χ4n) is 3.80. The van der Waals surface area contributed by atoms with Gasteiger partial charge in [0.2, 0.25) is 0 Å². The van der Waals surface area contributed by atoms with Crippen LogP contribution in [0.15, 0.2) is 60.7 Å². The first-order valence-corrected chi connectivity index (χ1v) is 7.82. The maximum absolute atomic E-state index is 12.5. The number of hydrogen-bond donors (Lipinski definition) is 1. The Balaban J connectivity index is 1.43. The van der Waals surface area contributed by atoms with Crippen molar-refractivity contribution in [3.63, 3.8) is 0 Å². The average molecular weight is 293 g/mol. The Morgan fingerprint density at radius 2 is 1.68 bits per heavy atom. The molecule has 0 spiro atoms. The quantitative estimate of drug-likeness (QED) is 0.939. The van der Waals surface area contributed by atoms with Gasteiger partial charge in [0, 0.05) is 24.9 Å². The third kappa shape index (κ3) is 1.97. The molecule has 0 bridgehead atoms. The SMILES string of the molecule is O=C1N(CCc2ccccc2)C[C@@H]2[C@@H](c3ccccc3)[C@@]12O. The largest absolute Gasteiger partial charge is 0.379 e.